The predicted octanol–water partition coefficient (Wildman–Crippen LogP) is -0.0176. The molecule has 0 bridgehead atoms. The minimum Gasteiger partial charge on any atom is -0.394 e. The molecule has 0 saturated carbocycles. The third-order valence-corrected chi connectivity index (χ3v) is 6.26. The number of ether oxygens (including phenoxy) is 3. The maximum atomic E-state index is 10.2. The maximum absolute atomic E-state index is 10.2. The van der Waals surface area contributed by atoms with Crippen LogP contribution in [0.2, 0.25) is 0 Å². The molecule has 2 aliphatic heterocycles. The Morgan fingerprint density at radius 2 is 1.48 bits per heavy atom. The summed E-state index contributed by atoms with van der Waals surface area (Å²) < 4.78 is 16.6. The fraction of sp³-hybridized carbons (Fsp3) is 1.00. The topological polar surface area (TPSA) is 129 Å². The van der Waals surface area contributed by atoms with Crippen LogP contribution in [0.1, 0.15) is 45.4 Å². The van der Waals surface area contributed by atoms with Crippen molar-refractivity contribution in [1.29, 1.82) is 0 Å². The van der Waals surface area contributed by atoms with Crippen LogP contribution in [0.25, 0.3) is 0 Å². The molecular weight excluding hydrogens is 376 g/mol. The van der Waals surface area contributed by atoms with E-state index in [1.54, 1.807) is 0 Å². The van der Waals surface area contributed by atoms with Crippen molar-refractivity contribution in [1.82, 2.24) is 0 Å². The Morgan fingerprint density at radius 3 is 2.15 bits per heavy atom. The van der Waals surface area contributed by atoms with Crippen LogP contribution in [0.3, 0.4) is 0 Å². The zero-order valence-electron chi connectivity index (χ0n) is 15.9. The molecule has 0 aromatic rings. The number of hydrogen-bond donors (Lipinski definition) is 5. The highest BCUT2D eigenvalue weighted by Gasteiger charge is 2.46. The van der Waals surface area contributed by atoms with E-state index in [1.807, 2.05) is 0 Å². The van der Waals surface area contributed by atoms with Gasteiger partial charge in [-0.15, -0.1) is 11.8 Å². The minimum atomic E-state index is -1.15. The lowest BCUT2D eigenvalue weighted by molar-refractivity contribution is -0.163. The van der Waals surface area contributed by atoms with Crippen molar-refractivity contribution in [3.8, 4) is 0 Å². The number of rotatable bonds is 12. The number of hydrogen-bond acceptors (Lipinski definition) is 9. The molecule has 0 amide bonds. The van der Waals surface area contributed by atoms with Gasteiger partial charge in [-0.3, -0.25) is 0 Å². The monoisotopic (exact) mass is 410 g/mol. The van der Waals surface area contributed by atoms with E-state index < -0.39 is 48.3 Å². The molecule has 0 aromatic heterocycles. The summed E-state index contributed by atoms with van der Waals surface area (Å²) >= 11 is 1.16. The minimum absolute atomic E-state index is 0.252. The molecule has 2 rings (SSSR count). The van der Waals surface area contributed by atoms with E-state index in [9.17, 15) is 20.4 Å². The fourth-order valence-corrected chi connectivity index (χ4v) is 4.50. The molecule has 9 heteroatoms. The van der Waals surface area contributed by atoms with Gasteiger partial charge in [-0.05, 0) is 6.42 Å². The summed E-state index contributed by atoms with van der Waals surface area (Å²) in [6.45, 7) is 2.26. The first-order valence-corrected chi connectivity index (χ1v) is 10.9. The Hall–Kier alpha value is 0.0300. The van der Waals surface area contributed by atoms with Crippen molar-refractivity contribution in [2.45, 2.75) is 93.8 Å². The molecule has 2 aliphatic rings. The molecular formula is C18H34O8S. The Kier molecular flexibility index (Phi) is 10.3. The summed E-state index contributed by atoms with van der Waals surface area (Å²) in [5.41, 5.74) is -0.729. The van der Waals surface area contributed by atoms with Gasteiger partial charge in [0.05, 0.1) is 12.7 Å². The van der Waals surface area contributed by atoms with Crippen LogP contribution < -0.4 is 0 Å². The third-order valence-electron chi connectivity index (χ3n) is 5.02. The molecule has 160 valence electrons. The SMILES string of the molecule is CCCCCCCCO[C@H]1OC(CS[C@H]2O[C@H](CO)[C@@H](O)[C@@H]2O)[C@@H](O)[C@@H]1O. The summed E-state index contributed by atoms with van der Waals surface area (Å²) in [6, 6.07) is 0. The third kappa shape index (κ3) is 6.52. The number of aliphatic hydroxyl groups excluding tert-OH is 5. The lowest BCUT2D eigenvalue weighted by Crippen LogP contribution is -2.35. The molecule has 8 atom stereocenters. The normalized spacial score (nSPS) is 39.3. The average molecular weight is 411 g/mol. The summed E-state index contributed by atoms with van der Waals surface area (Å²) in [5, 5.41) is 49.1. The van der Waals surface area contributed by atoms with Crippen molar-refractivity contribution in [3.05, 3.63) is 0 Å². The van der Waals surface area contributed by atoms with Crippen LogP contribution in [0.5, 0.6) is 0 Å². The molecule has 0 spiro atoms. The molecule has 2 saturated heterocycles. The Bertz CT molecular complexity index is 415. The smallest absolute Gasteiger partial charge is 0.186 e. The Labute approximate surface area is 164 Å². The largest absolute Gasteiger partial charge is 0.394 e. The van der Waals surface area contributed by atoms with Gasteiger partial charge in [0, 0.05) is 12.4 Å². The first-order valence-electron chi connectivity index (χ1n) is 9.86. The van der Waals surface area contributed by atoms with E-state index in [1.165, 1.54) is 19.3 Å². The highest BCUT2D eigenvalue weighted by atomic mass is 32.2. The van der Waals surface area contributed by atoms with E-state index in [2.05, 4.69) is 6.92 Å². The highest BCUT2D eigenvalue weighted by Crippen LogP contribution is 2.32. The van der Waals surface area contributed by atoms with E-state index in [0.29, 0.717) is 6.61 Å². The molecule has 0 radical (unpaired) electrons. The predicted molar refractivity (Wildman–Crippen MR) is 100 cm³/mol. The highest BCUT2D eigenvalue weighted by molar-refractivity contribution is 7.99. The second-order valence-corrected chi connectivity index (χ2v) is 8.33. The average Bonchev–Trinajstić information content (AvgIpc) is 3.10. The van der Waals surface area contributed by atoms with Crippen LogP contribution in [-0.2, 0) is 14.2 Å². The molecule has 5 N–H and O–H groups in total. The second kappa shape index (κ2) is 11.9. The number of aliphatic hydroxyl groups is 5. The molecule has 27 heavy (non-hydrogen) atoms. The lowest BCUT2D eigenvalue weighted by Gasteiger charge is -2.18. The van der Waals surface area contributed by atoms with Crippen LogP contribution in [0.15, 0.2) is 0 Å². The molecule has 2 fully saturated rings. The molecule has 0 aliphatic carbocycles. The molecule has 1 unspecified atom stereocenters. The van der Waals surface area contributed by atoms with Gasteiger partial charge in [0.1, 0.15) is 36.0 Å². The van der Waals surface area contributed by atoms with Crippen LogP contribution in [0, 0.1) is 0 Å². The van der Waals surface area contributed by atoms with E-state index >= 15 is 0 Å². The van der Waals surface area contributed by atoms with Crippen molar-refractivity contribution >= 4 is 11.8 Å². The number of unbranched alkanes of at least 4 members (excludes halogenated alkanes) is 5. The Balaban J connectivity index is 1.67. The van der Waals surface area contributed by atoms with Gasteiger partial charge in [-0.25, -0.2) is 0 Å². The van der Waals surface area contributed by atoms with Crippen LogP contribution in [0.4, 0.5) is 0 Å². The first-order chi connectivity index (χ1) is 13.0. The van der Waals surface area contributed by atoms with Crippen molar-refractivity contribution in [2.24, 2.45) is 0 Å². The van der Waals surface area contributed by atoms with Crippen molar-refractivity contribution in [2.75, 3.05) is 19.0 Å². The van der Waals surface area contributed by atoms with Crippen LogP contribution in [-0.4, -0.2) is 92.8 Å². The summed E-state index contributed by atoms with van der Waals surface area (Å²) in [6.07, 6.45) is -0.0794. The molecule has 8 nitrogen and oxygen atoms in total. The van der Waals surface area contributed by atoms with E-state index in [4.69, 9.17) is 19.3 Å². The molecule has 0 aromatic carbocycles. The lowest BCUT2D eigenvalue weighted by atomic mass is 10.1. The summed E-state index contributed by atoms with van der Waals surface area (Å²) in [5.74, 6) is 0.252. The number of thioether (sulfide) groups is 1. The van der Waals surface area contributed by atoms with Gasteiger partial charge in [0.25, 0.3) is 0 Å². The van der Waals surface area contributed by atoms with Gasteiger partial charge >= 0.3 is 0 Å². The van der Waals surface area contributed by atoms with Crippen molar-refractivity contribution < 1.29 is 39.7 Å². The zero-order valence-corrected chi connectivity index (χ0v) is 16.7. The maximum Gasteiger partial charge on any atom is 0.186 e. The Morgan fingerprint density at radius 1 is 0.815 bits per heavy atom. The first kappa shape index (κ1) is 23.3. The second-order valence-electron chi connectivity index (χ2n) is 7.20. The van der Waals surface area contributed by atoms with Gasteiger partial charge < -0.3 is 39.7 Å². The summed E-state index contributed by atoms with van der Waals surface area (Å²) in [7, 11) is 0. The fourth-order valence-electron chi connectivity index (χ4n) is 3.26. The van der Waals surface area contributed by atoms with E-state index in [0.717, 1.165) is 31.0 Å². The van der Waals surface area contributed by atoms with Gasteiger partial charge in [0.2, 0.25) is 0 Å². The van der Waals surface area contributed by atoms with Gasteiger partial charge in [-0.1, -0.05) is 39.0 Å². The van der Waals surface area contributed by atoms with Gasteiger partial charge in [0.15, 0.2) is 6.29 Å². The standard InChI is InChI=1S/C18H34O8S/c1-2-3-4-5-6-7-8-24-17-15(22)14(21)12(25-17)10-27-18-16(23)13(20)11(9-19)26-18/h11-23H,2-10H2,1H3/t11-,12?,13-,14-,15+,16+,17+,18-/m1/s1. The zero-order chi connectivity index (χ0) is 19.8. The van der Waals surface area contributed by atoms with E-state index in [-0.39, 0.29) is 12.4 Å². The quantitative estimate of drug-likeness (QED) is 0.282. The summed E-state index contributed by atoms with van der Waals surface area (Å²) in [4.78, 5) is 0. The van der Waals surface area contributed by atoms with Gasteiger partial charge in [-0.2, -0.15) is 0 Å². The molecule has 2 heterocycles. The van der Waals surface area contributed by atoms with Crippen LogP contribution >= 0.6 is 11.8 Å². The van der Waals surface area contributed by atoms with Crippen molar-refractivity contribution in [3.63, 3.8) is 0 Å².